The Morgan fingerprint density at radius 1 is 1.13 bits per heavy atom. The minimum atomic E-state index is -3.13. The molecule has 0 unspecified atom stereocenters. The lowest BCUT2D eigenvalue weighted by Gasteiger charge is -2.03. The van der Waals surface area contributed by atoms with Crippen molar-refractivity contribution in [1.29, 1.82) is 0 Å². The normalized spacial score (nSPS) is 11.9. The molecular weight excluding hydrogens is 208 g/mol. The predicted molar refractivity (Wildman–Crippen MR) is 61.5 cm³/mol. The Morgan fingerprint density at radius 3 is 2.53 bits per heavy atom. The van der Waals surface area contributed by atoms with E-state index in [0.717, 1.165) is 16.3 Å². The number of sulfone groups is 1. The van der Waals surface area contributed by atoms with E-state index in [9.17, 15) is 8.42 Å². The van der Waals surface area contributed by atoms with E-state index >= 15 is 0 Å². The number of hydrogen-bond acceptors (Lipinski definition) is 2. The lowest BCUT2D eigenvalue weighted by atomic mass is 10.1. The van der Waals surface area contributed by atoms with Gasteiger partial charge in [0.1, 0.15) is 0 Å². The van der Waals surface area contributed by atoms with Gasteiger partial charge in [-0.3, -0.25) is 0 Å². The van der Waals surface area contributed by atoms with Crippen LogP contribution in [0.15, 0.2) is 41.3 Å². The standard InChI is InChI=1S/C12H11O2S/c1-9-4-3-5-10-8-11(15(2,13)14)6-7-12(9)10/h3-8H,1H2,2H3. The first-order chi connectivity index (χ1) is 6.98. The summed E-state index contributed by atoms with van der Waals surface area (Å²) in [6.07, 6.45) is 1.21. The SMILES string of the molecule is [CH2]c1cccc2cc(S(C)(=O)=O)ccc12. The second-order valence-electron chi connectivity index (χ2n) is 3.57. The van der Waals surface area contributed by atoms with Crippen LogP contribution in [0.4, 0.5) is 0 Å². The summed E-state index contributed by atoms with van der Waals surface area (Å²) < 4.78 is 22.7. The summed E-state index contributed by atoms with van der Waals surface area (Å²) in [7, 11) is -3.13. The van der Waals surface area contributed by atoms with Gasteiger partial charge in [-0.25, -0.2) is 8.42 Å². The van der Waals surface area contributed by atoms with E-state index in [1.807, 2.05) is 18.2 Å². The number of benzene rings is 2. The summed E-state index contributed by atoms with van der Waals surface area (Å²) in [6, 6.07) is 10.8. The van der Waals surface area contributed by atoms with Gasteiger partial charge in [-0.05, 0) is 35.4 Å². The molecule has 0 N–H and O–H groups in total. The Kier molecular flexibility index (Phi) is 2.27. The van der Waals surface area contributed by atoms with Crippen LogP contribution in [0.5, 0.6) is 0 Å². The molecule has 0 aromatic heterocycles. The van der Waals surface area contributed by atoms with Gasteiger partial charge in [-0.1, -0.05) is 24.3 Å². The zero-order valence-electron chi connectivity index (χ0n) is 8.40. The second-order valence-corrected chi connectivity index (χ2v) is 5.59. The van der Waals surface area contributed by atoms with E-state index in [4.69, 9.17) is 0 Å². The summed E-state index contributed by atoms with van der Waals surface area (Å²) in [4.78, 5) is 0.348. The smallest absolute Gasteiger partial charge is 0.175 e. The number of hydrogen-bond donors (Lipinski definition) is 0. The van der Waals surface area contributed by atoms with Gasteiger partial charge in [0, 0.05) is 6.26 Å². The molecule has 0 aliphatic carbocycles. The van der Waals surface area contributed by atoms with Crippen molar-refractivity contribution < 1.29 is 8.42 Å². The minimum Gasteiger partial charge on any atom is -0.224 e. The number of fused-ring (bicyclic) bond motifs is 1. The van der Waals surface area contributed by atoms with Gasteiger partial charge >= 0.3 is 0 Å². The van der Waals surface area contributed by atoms with Crippen molar-refractivity contribution in [3.63, 3.8) is 0 Å². The molecule has 2 aromatic rings. The quantitative estimate of drug-likeness (QED) is 0.738. The molecule has 0 heterocycles. The molecule has 0 amide bonds. The molecule has 0 spiro atoms. The third-order valence-corrected chi connectivity index (χ3v) is 3.48. The molecule has 77 valence electrons. The fraction of sp³-hybridized carbons (Fsp3) is 0.0833. The summed E-state index contributed by atoms with van der Waals surface area (Å²) in [6.45, 7) is 3.89. The van der Waals surface area contributed by atoms with E-state index in [0.29, 0.717) is 4.90 Å². The summed E-state index contributed by atoms with van der Waals surface area (Å²) in [5, 5.41) is 1.90. The second kappa shape index (κ2) is 3.35. The molecule has 0 bridgehead atoms. The zero-order chi connectivity index (χ0) is 11.1. The molecule has 0 saturated carbocycles. The van der Waals surface area contributed by atoms with Crippen LogP contribution in [0.3, 0.4) is 0 Å². The van der Waals surface area contributed by atoms with Crippen molar-refractivity contribution in [2.45, 2.75) is 4.90 Å². The van der Waals surface area contributed by atoms with Crippen molar-refractivity contribution in [3.8, 4) is 0 Å². The Morgan fingerprint density at radius 2 is 1.87 bits per heavy atom. The van der Waals surface area contributed by atoms with Crippen LogP contribution < -0.4 is 0 Å². The maximum atomic E-state index is 11.3. The minimum absolute atomic E-state index is 0.348. The first-order valence-corrected chi connectivity index (χ1v) is 6.42. The largest absolute Gasteiger partial charge is 0.224 e. The molecule has 0 saturated heterocycles. The molecule has 3 heteroatoms. The Balaban J connectivity index is 2.79. The van der Waals surface area contributed by atoms with Crippen LogP contribution in [-0.4, -0.2) is 14.7 Å². The molecule has 2 rings (SSSR count). The summed E-state index contributed by atoms with van der Waals surface area (Å²) in [5.41, 5.74) is 0.910. The van der Waals surface area contributed by atoms with Gasteiger partial charge in [0.05, 0.1) is 4.90 Å². The molecule has 0 aliphatic heterocycles. The van der Waals surface area contributed by atoms with E-state index in [-0.39, 0.29) is 0 Å². The van der Waals surface area contributed by atoms with Crippen LogP contribution in [0.2, 0.25) is 0 Å². The number of rotatable bonds is 1. The first-order valence-electron chi connectivity index (χ1n) is 4.53. The molecule has 1 radical (unpaired) electrons. The topological polar surface area (TPSA) is 34.1 Å². The summed E-state index contributed by atoms with van der Waals surface area (Å²) in [5.74, 6) is 0. The van der Waals surface area contributed by atoms with E-state index in [1.54, 1.807) is 18.2 Å². The van der Waals surface area contributed by atoms with Crippen LogP contribution >= 0.6 is 0 Å². The molecule has 15 heavy (non-hydrogen) atoms. The lowest BCUT2D eigenvalue weighted by Crippen LogP contribution is -1.96. The Bertz CT molecular complexity index is 613. The van der Waals surface area contributed by atoms with Crippen molar-refractivity contribution in [2.75, 3.05) is 6.26 Å². The summed E-state index contributed by atoms with van der Waals surface area (Å²) >= 11 is 0. The highest BCUT2D eigenvalue weighted by molar-refractivity contribution is 7.90. The monoisotopic (exact) mass is 219 g/mol. The molecule has 0 atom stereocenters. The van der Waals surface area contributed by atoms with Gasteiger partial charge < -0.3 is 0 Å². The van der Waals surface area contributed by atoms with E-state index in [1.165, 1.54) is 6.26 Å². The van der Waals surface area contributed by atoms with Gasteiger partial charge in [-0.15, -0.1) is 0 Å². The highest BCUT2D eigenvalue weighted by Gasteiger charge is 2.07. The zero-order valence-corrected chi connectivity index (χ0v) is 9.21. The Labute approximate surface area is 89.5 Å². The molecular formula is C12H11O2S. The van der Waals surface area contributed by atoms with Crippen molar-refractivity contribution in [1.82, 2.24) is 0 Å². The van der Waals surface area contributed by atoms with Crippen LogP contribution in [-0.2, 0) is 9.84 Å². The maximum absolute atomic E-state index is 11.3. The van der Waals surface area contributed by atoms with Crippen LogP contribution in [0.1, 0.15) is 5.56 Å². The van der Waals surface area contributed by atoms with Crippen molar-refractivity contribution in [3.05, 3.63) is 48.9 Å². The third-order valence-electron chi connectivity index (χ3n) is 2.37. The highest BCUT2D eigenvalue weighted by Crippen LogP contribution is 2.21. The van der Waals surface area contributed by atoms with Gasteiger partial charge in [0.15, 0.2) is 9.84 Å². The van der Waals surface area contributed by atoms with Crippen LogP contribution in [0, 0.1) is 6.92 Å². The lowest BCUT2D eigenvalue weighted by molar-refractivity contribution is 0.602. The fourth-order valence-corrected chi connectivity index (χ4v) is 2.22. The fourth-order valence-electron chi connectivity index (χ4n) is 1.56. The van der Waals surface area contributed by atoms with E-state index < -0.39 is 9.84 Å². The molecule has 0 fully saturated rings. The van der Waals surface area contributed by atoms with E-state index in [2.05, 4.69) is 6.92 Å². The van der Waals surface area contributed by atoms with Gasteiger partial charge in [-0.2, -0.15) is 0 Å². The molecule has 0 aliphatic rings. The molecule has 2 nitrogen and oxygen atoms in total. The average molecular weight is 219 g/mol. The predicted octanol–water partition coefficient (Wildman–Crippen LogP) is 2.43. The highest BCUT2D eigenvalue weighted by atomic mass is 32.2. The van der Waals surface area contributed by atoms with Crippen molar-refractivity contribution >= 4 is 20.6 Å². The van der Waals surface area contributed by atoms with Crippen molar-refractivity contribution in [2.24, 2.45) is 0 Å². The Hall–Kier alpha value is -1.35. The third kappa shape index (κ3) is 1.88. The first kappa shape index (κ1) is 10.2. The van der Waals surface area contributed by atoms with Gasteiger partial charge in [0.25, 0.3) is 0 Å². The molecule has 2 aromatic carbocycles. The maximum Gasteiger partial charge on any atom is 0.175 e. The van der Waals surface area contributed by atoms with Crippen LogP contribution in [0.25, 0.3) is 10.8 Å². The van der Waals surface area contributed by atoms with Gasteiger partial charge in [0.2, 0.25) is 0 Å². The average Bonchev–Trinajstić information content (AvgIpc) is 2.16.